The summed E-state index contributed by atoms with van der Waals surface area (Å²) in [5.41, 5.74) is 2.55. The van der Waals surface area contributed by atoms with Crippen LogP contribution in [-0.2, 0) is 36.7 Å². The van der Waals surface area contributed by atoms with E-state index in [0.717, 1.165) is 27.8 Å². The highest BCUT2D eigenvalue weighted by Crippen LogP contribution is 2.44. The summed E-state index contributed by atoms with van der Waals surface area (Å²) in [6.07, 6.45) is -0.692. The number of fused-ring (bicyclic) bond motifs is 3. The molecule has 248 valence electrons. The Labute approximate surface area is 279 Å². The summed E-state index contributed by atoms with van der Waals surface area (Å²) < 4.78 is 10.5. The lowest BCUT2D eigenvalue weighted by atomic mass is 9.87. The van der Waals surface area contributed by atoms with Gasteiger partial charge in [0, 0.05) is 18.8 Å². The minimum Gasteiger partial charge on any atom is -0.508 e. The molecule has 48 heavy (non-hydrogen) atoms. The van der Waals surface area contributed by atoms with E-state index in [-0.39, 0.29) is 31.1 Å². The molecule has 0 radical (unpaired) electrons. The van der Waals surface area contributed by atoms with E-state index in [1.54, 1.807) is 19.1 Å². The van der Waals surface area contributed by atoms with E-state index in [2.05, 4.69) is 20.7 Å². The fraction of sp³-hybridized carbons (Fsp3) is 0.263. The number of alkyl carbamates (subject to hydrolysis) is 1. The zero-order valence-electron chi connectivity index (χ0n) is 27.1. The van der Waals surface area contributed by atoms with Crippen molar-refractivity contribution in [1.29, 1.82) is 0 Å². The molecule has 0 aromatic heterocycles. The van der Waals surface area contributed by atoms with Crippen molar-refractivity contribution in [1.82, 2.24) is 16.0 Å². The van der Waals surface area contributed by atoms with Crippen molar-refractivity contribution in [3.05, 3.63) is 125 Å². The molecule has 4 aromatic rings. The van der Waals surface area contributed by atoms with Gasteiger partial charge in [-0.2, -0.15) is 0 Å². The smallest absolute Gasteiger partial charge is 0.408 e. The quantitative estimate of drug-likeness (QED) is 0.164. The fourth-order valence-electron chi connectivity index (χ4n) is 6.06. The summed E-state index contributed by atoms with van der Waals surface area (Å²) in [5.74, 6) is -2.08. The molecule has 0 fully saturated rings. The van der Waals surface area contributed by atoms with Gasteiger partial charge in [0.2, 0.25) is 11.8 Å². The average Bonchev–Trinajstić information content (AvgIpc) is 3.40. The van der Waals surface area contributed by atoms with Crippen LogP contribution in [0.3, 0.4) is 0 Å². The number of amides is 3. The molecule has 2 unspecified atom stereocenters. The first-order valence-electron chi connectivity index (χ1n) is 15.6. The number of phenolic OH excluding ortho intramolecular Hbond substituents is 1. The van der Waals surface area contributed by atoms with Crippen molar-refractivity contribution in [2.24, 2.45) is 0 Å². The predicted octanol–water partition coefficient (Wildman–Crippen LogP) is 4.64. The van der Waals surface area contributed by atoms with Crippen LogP contribution in [0.5, 0.6) is 5.75 Å². The predicted molar refractivity (Wildman–Crippen MR) is 180 cm³/mol. The number of rotatable bonds is 12. The number of methoxy groups -OCH3 is 1. The number of ether oxygens (including phenoxy) is 2. The number of nitrogens with one attached hydrogen (secondary N) is 3. The van der Waals surface area contributed by atoms with Gasteiger partial charge in [0.1, 0.15) is 30.0 Å². The van der Waals surface area contributed by atoms with E-state index < -0.39 is 41.5 Å². The SMILES string of the molecule is COC(=O)CNC(=O)C(C)(Cc1ccc(O)cc1)NC(=O)C(C)(Cc1ccccc1)NC(=O)OCC1c2ccccc2-c2ccccc21. The molecule has 4 aromatic carbocycles. The summed E-state index contributed by atoms with van der Waals surface area (Å²) in [4.78, 5) is 53.1. The molecular formula is C38H39N3O7. The minimum atomic E-state index is -1.58. The van der Waals surface area contributed by atoms with Crippen LogP contribution in [0.4, 0.5) is 4.79 Å². The Morgan fingerprint density at radius 1 is 0.688 bits per heavy atom. The highest BCUT2D eigenvalue weighted by molar-refractivity contribution is 5.97. The molecule has 5 rings (SSSR count). The van der Waals surface area contributed by atoms with Crippen LogP contribution < -0.4 is 16.0 Å². The standard InChI is InChI=1S/C38H39N3O7/c1-37(34(44)39-23-33(43)47-3,22-26-17-19-27(42)20-18-26)40-35(45)38(2,21-25-11-5-4-6-12-25)41-36(46)48-24-32-30-15-9-7-13-28(30)29-14-8-10-16-31(29)32/h4-20,32,42H,21-24H2,1-3H3,(H,39,44)(H,40,45)(H,41,46). The van der Waals surface area contributed by atoms with Gasteiger partial charge in [0.25, 0.3) is 0 Å². The van der Waals surface area contributed by atoms with Gasteiger partial charge >= 0.3 is 12.1 Å². The molecule has 2 atom stereocenters. The molecule has 1 aliphatic rings. The summed E-state index contributed by atoms with van der Waals surface area (Å²) >= 11 is 0. The van der Waals surface area contributed by atoms with E-state index >= 15 is 0 Å². The van der Waals surface area contributed by atoms with E-state index in [4.69, 9.17) is 4.74 Å². The van der Waals surface area contributed by atoms with Crippen molar-refractivity contribution in [2.75, 3.05) is 20.3 Å². The topological polar surface area (TPSA) is 143 Å². The largest absolute Gasteiger partial charge is 0.508 e. The molecule has 3 amide bonds. The molecule has 10 nitrogen and oxygen atoms in total. The number of phenols is 1. The normalized spacial score (nSPS) is 14.3. The molecule has 0 heterocycles. The molecule has 4 N–H and O–H groups in total. The third-order valence-corrected chi connectivity index (χ3v) is 8.63. The third-order valence-electron chi connectivity index (χ3n) is 8.63. The van der Waals surface area contributed by atoms with Gasteiger partial charge < -0.3 is 30.5 Å². The third kappa shape index (κ3) is 7.66. The Kier molecular flexibility index (Phi) is 10.1. The van der Waals surface area contributed by atoms with Gasteiger partial charge in [-0.05, 0) is 59.4 Å². The van der Waals surface area contributed by atoms with Crippen LogP contribution >= 0.6 is 0 Å². The molecule has 0 bridgehead atoms. The number of carbonyl (C=O) groups is 4. The van der Waals surface area contributed by atoms with Gasteiger partial charge in [-0.15, -0.1) is 0 Å². The highest BCUT2D eigenvalue weighted by Gasteiger charge is 2.43. The van der Waals surface area contributed by atoms with Gasteiger partial charge in [0.15, 0.2) is 0 Å². The Morgan fingerprint density at radius 2 is 1.21 bits per heavy atom. The Balaban J connectivity index is 1.38. The highest BCUT2D eigenvalue weighted by atomic mass is 16.5. The summed E-state index contributed by atoms with van der Waals surface area (Å²) in [6.45, 7) is 2.75. The van der Waals surface area contributed by atoms with E-state index in [1.807, 2.05) is 78.9 Å². The maximum Gasteiger partial charge on any atom is 0.408 e. The summed E-state index contributed by atoms with van der Waals surface area (Å²) in [5, 5.41) is 17.9. The summed E-state index contributed by atoms with van der Waals surface area (Å²) in [6, 6.07) is 31.4. The first-order chi connectivity index (χ1) is 23.0. The van der Waals surface area contributed by atoms with E-state index in [9.17, 15) is 24.3 Å². The second-order valence-electron chi connectivity index (χ2n) is 12.3. The van der Waals surface area contributed by atoms with Crippen molar-refractivity contribution in [3.8, 4) is 16.9 Å². The van der Waals surface area contributed by atoms with Gasteiger partial charge in [-0.3, -0.25) is 14.4 Å². The first-order valence-corrected chi connectivity index (χ1v) is 15.6. The van der Waals surface area contributed by atoms with Crippen molar-refractivity contribution >= 4 is 23.9 Å². The van der Waals surface area contributed by atoms with Crippen LogP contribution in [-0.4, -0.2) is 60.3 Å². The van der Waals surface area contributed by atoms with Crippen LogP contribution in [0.15, 0.2) is 103 Å². The van der Waals surface area contributed by atoms with Gasteiger partial charge in [0.05, 0.1) is 7.11 Å². The number of hydrogen-bond acceptors (Lipinski definition) is 7. The monoisotopic (exact) mass is 649 g/mol. The number of carbonyl (C=O) groups excluding carboxylic acids is 4. The fourth-order valence-corrected chi connectivity index (χ4v) is 6.06. The Hall–Kier alpha value is -5.64. The molecular weight excluding hydrogens is 610 g/mol. The second kappa shape index (κ2) is 14.4. The zero-order chi connectivity index (χ0) is 34.3. The number of benzene rings is 4. The van der Waals surface area contributed by atoms with Crippen molar-refractivity contribution in [2.45, 2.75) is 43.7 Å². The Bertz CT molecular complexity index is 1750. The second-order valence-corrected chi connectivity index (χ2v) is 12.3. The molecule has 0 saturated carbocycles. The number of aromatic hydroxyl groups is 1. The van der Waals surface area contributed by atoms with E-state index in [1.165, 1.54) is 26.2 Å². The van der Waals surface area contributed by atoms with E-state index in [0.29, 0.717) is 5.56 Å². The number of esters is 1. The number of hydrogen-bond donors (Lipinski definition) is 4. The lowest BCUT2D eigenvalue weighted by Crippen LogP contribution is -2.66. The van der Waals surface area contributed by atoms with Crippen LogP contribution in [0.2, 0.25) is 0 Å². The van der Waals surface area contributed by atoms with Crippen LogP contribution in [0.25, 0.3) is 11.1 Å². The summed E-state index contributed by atoms with van der Waals surface area (Å²) in [7, 11) is 1.20. The van der Waals surface area contributed by atoms with Crippen molar-refractivity contribution < 1.29 is 33.8 Å². The van der Waals surface area contributed by atoms with Gasteiger partial charge in [-0.1, -0.05) is 91.0 Å². The van der Waals surface area contributed by atoms with Crippen LogP contribution in [0.1, 0.15) is 42.0 Å². The molecule has 0 spiro atoms. The maximum atomic E-state index is 14.3. The minimum absolute atomic E-state index is 0.0123. The van der Waals surface area contributed by atoms with Crippen molar-refractivity contribution in [3.63, 3.8) is 0 Å². The molecule has 0 aliphatic heterocycles. The maximum absolute atomic E-state index is 14.3. The van der Waals surface area contributed by atoms with Crippen LogP contribution in [0, 0.1) is 0 Å². The molecule has 1 aliphatic carbocycles. The lowest BCUT2D eigenvalue weighted by Gasteiger charge is -2.36. The molecule has 0 saturated heterocycles. The molecule has 10 heteroatoms. The average molecular weight is 650 g/mol. The van der Waals surface area contributed by atoms with Gasteiger partial charge in [-0.25, -0.2) is 4.79 Å². The Morgan fingerprint density at radius 3 is 1.79 bits per heavy atom. The lowest BCUT2D eigenvalue weighted by molar-refractivity contribution is -0.142. The first kappa shape index (κ1) is 33.7. The zero-order valence-corrected chi connectivity index (χ0v) is 27.1.